The second kappa shape index (κ2) is 5.12. The van der Waals surface area contributed by atoms with Gasteiger partial charge < -0.3 is 11.1 Å². The zero-order valence-corrected chi connectivity index (χ0v) is 8.70. The van der Waals surface area contributed by atoms with Gasteiger partial charge in [0, 0.05) is 25.7 Å². The Bertz CT molecular complexity index is 217. The molecule has 3 N–H and O–H groups in total. The first-order chi connectivity index (χ1) is 6.65. The molecule has 1 aliphatic heterocycles. The minimum atomic E-state index is -0.0801. The molecule has 1 heterocycles. The largest absolute Gasteiger partial charge is 0.351 e. The van der Waals surface area contributed by atoms with E-state index in [-0.39, 0.29) is 18.0 Å². The summed E-state index contributed by atoms with van der Waals surface area (Å²) in [5.74, 6) is 0.0546. The predicted octanol–water partition coefficient (Wildman–Crippen LogP) is -0.290. The highest BCUT2D eigenvalue weighted by atomic mass is 16.2. The van der Waals surface area contributed by atoms with E-state index in [0.29, 0.717) is 6.54 Å². The summed E-state index contributed by atoms with van der Waals surface area (Å²) in [5, 5.41) is 2.78. The van der Waals surface area contributed by atoms with Crippen molar-refractivity contribution in [3.8, 4) is 0 Å². The Morgan fingerprint density at radius 3 is 3.07 bits per heavy atom. The standard InChI is InChI=1S/C10H19N3O/c1-3-5-12-10(14)8(2)13-6-4-9(11)7-13/h3,8-9H,1,4-7,11H2,2H3,(H,12,14)/t8?,9-/m0/s1. The molecule has 4 nitrogen and oxygen atoms in total. The van der Waals surface area contributed by atoms with Crippen LogP contribution >= 0.6 is 0 Å². The summed E-state index contributed by atoms with van der Waals surface area (Å²) >= 11 is 0. The van der Waals surface area contributed by atoms with Crippen LogP contribution in [0.15, 0.2) is 12.7 Å². The Hall–Kier alpha value is -0.870. The Balaban J connectivity index is 2.36. The molecule has 0 aliphatic carbocycles. The van der Waals surface area contributed by atoms with Crippen molar-refractivity contribution in [1.82, 2.24) is 10.2 Å². The molecule has 1 amide bonds. The molecule has 1 saturated heterocycles. The number of nitrogens with two attached hydrogens (primary N) is 1. The second-order valence-electron chi connectivity index (χ2n) is 3.75. The molecule has 0 aromatic carbocycles. The third-order valence-corrected chi connectivity index (χ3v) is 2.60. The first kappa shape index (κ1) is 11.2. The lowest BCUT2D eigenvalue weighted by Gasteiger charge is -2.22. The number of carbonyl (C=O) groups excluding carboxylic acids is 1. The summed E-state index contributed by atoms with van der Waals surface area (Å²) in [4.78, 5) is 13.7. The van der Waals surface area contributed by atoms with Gasteiger partial charge in [-0.3, -0.25) is 9.69 Å². The van der Waals surface area contributed by atoms with Crippen molar-refractivity contribution in [3.05, 3.63) is 12.7 Å². The van der Waals surface area contributed by atoms with Crippen molar-refractivity contribution >= 4 is 5.91 Å². The first-order valence-electron chi connectivity index (χ1n) is 5.03. The molecule has 1 aliphatic rings. The van der Waals surface area contributed by atoms with Gasteiger partial charge in [-0.15, -0.1) is 6.58 Å². The van der Waals surface area contributed by atoms with E-state index in [1.807, 2.05) is 6.92 Å². The molecule has 0 radical (unpaired) electrons. The van der Waals surface area contributed by atoms with Crippen molar-refractivity contribution in [2.75, 3.05) is 19.6 Å². The third-order valence-electron chi connectivity index (χ3n) is 2.60. The maximum Gasteiger partial charge on any atom is 0.237 e. The SMILES string of the molecule is C=CCNC(=O)C(C)N1CC[C@H](N)C1. The van der Waals surface area contributed by atoms with E-state index in [0.717, 1.165) is 19.5 Å². The number of nitrogens with zero attached hydrogens (tertiary/aromatic N) is 1. The van der Waals surface area contributed by atoms with Crippen LogP contribution in [-0.2, 0) is 4.79 Å². The molecule has 2 atom stereocenters. The van der Waals surface area contributed by atoms with Gasteiger partial charge in [0.25, 0.3) is 0 Å². The van der Waals surface area contributed by atoms with Crippen molar-refractivity contribution < 1.29 is 4.79 Å². The van der Waals surface area contributed by atoms with Gasteiger partial charge in [-0.2, -0.15) is 0 Å². The molecule has 0 spiro atoms. The van der Waals surface area contributed by atoms with Crippen LogP contribution in [0.4, 0.5) is 0 Å². The van der Waals surface area contributed by atoms with Gasteiger partial charge in [0.2, 0.25) is 5.91 Å². The van der Waals surface area contributed by atoms with Crippen LogP contribution in [-0.4, -0.2) is 42.5 Å². The van der Waals surface area contributed by atoms with Crippen molar-refractivity contribution in [3.63, 3.8) is 0 Å². The molecular weight excluding hydrogens is 178 g/mol. The van der Waals surface area contributed by atoms with Crippen molar-refractivity contribution in [1.29, 1.82) is 0 Å². The summed E-state index contributed by atoms with van der Waals surface area (Å²) in [7, 11) is 0. The minimum absolute atomic E-state index is 0.0546. The van der Waals surface area contributed by atoms with Crippen molar-refractivity contribution in [2.24, 2.45) is 5.73 Å². The zero-order chi connectivity index (χ0) is 10.6. The number of hydrogen-bond acceptors (Lipinski definition) is 3. The zero-order valence-electron chi connectivity index (χ0n) is 8.70. The molecule has 0 bridgehead atoms. The van der Waals surface area contributed by atoms with Crippen LogP contribution in [0, 0.1) is 0 Å². The fraction of sp³-hybridized carbons (Fsp3) is 0.700. The smallest absolute Gasteiger partial charge is 0.237 e. The highest BCUT2D eigenvalue weighted by Crippen LogP contribution is 2.10. The molecule has 0 aromatic rings. The lowest BCUT2D eigenvalue weighted by molar-refractivity contribution is -0.125. The van der Waals surface area contributed by atoms with Crippen molar-refractivity contribution in [2.45, 2.75) is 25.4 Å². The predicted molar refractivity (Wildman–Crippen MR) is 56.8 cm³/mol. The van der Waals surface area contributed by atoms with Gasteiger partial charge in [0.15, 0.2) is 0 Å². The van der Waals surface area contributed by atoms with E-state index >= 15 is 0 Å². The monoisotopic (exact) mass is 197 g/mol. The maximum absolute atomic E-state index is 11.6. The van der Waals surface area contributed by atoms with Gasteiger partial charge in [-0.05, 0) is 13.3 Å². The lowest BCUT2D eigenvalue weighted by atomic mass is 10.2. The van der Waals surface area contributed by atoms with Crippen LogP contribution in [0.25, 0.3) is 0 Å². The van der Waals surface area contributed by atoms with E-state index < -0.39 is 0 Å². The number of nitrogens with one attached hydrogen (secondary N) is 1. The van der Waals surface area contributed by atoms with Crippen LogP contribution in [0.2, 0.25) is 0 Å². The summed E-state index contributed by atoms with van der Waals surface area (Å²) in [5.41, 5.74) is 5.77. The Morgan fingerprint density at radius 2 is 2.57 bits per heavy atom. The minimum Gasteiger partial charge on any atom is -0.351 e. The van der Waals surface area contributed by atoms with Gasteiger partial charge in [0.1, 0.15) is 0 Å². The van der Waals surface area contributed by atoms with E-state index in [9.17, 15) is 4.79 Å². The molecule has 4 heteroatoms. The van der Waals surface area contributed by atoms with Crippen LogP contribution in [0.5, 0.6) is 0 Å². The molecule has 1 rings (SSSR count). The lowest BCUT2D eigenvalue weighted by Crippen LogP contribution is -2.44. The highest BCUT2D eigenvalue weighted by Gasteiger charge is 2.27. The van der Waals surface area contributed by atoms with E-state index in [1.165, 1.54) is 0 Å². The van der Waals surface area contributed by atoms with E-state index in [2.05, 4.69) is 16.8 Å². The average molecular weight is 197 g/mol. The second-order valence-corrected chi connectivity index (χ2v) is 3.75. The molecule has 0 aromatic heterocycles. The quantitative estimate of drug-likeness (QED) is 0.609. The van der Waals surface area contributed by atoms with Crippen LogP contribution in [0.1, 0.15) is 13.3 Å². The highest BCUT2D eigenvalue weighted by molar-refractivity contribution is 5.81. The Morgan fingerprint density at radius 1 is 1.86 bits per heavy atom. The number of amides is 1. The molecule has 1 unspecified atom stereocenters. The third kappa shape index (κ3) is 2.82. The summed E-state index contributed by atoms with van der Waals surface area (Å²) < 4.78 is 0. The van der Waals surface area contributed by atoms with Gasteiger partial charge in [-0.1, -0.05) is 6.08 Å². The summed E-state index contributed by atoms with van der Waals surface area (Å²) in [6.07, 6.45) is 2.67. The first-order valence-corrected chi connectivity index (χ1v) is 5.03. The van der Waals surface area contributed by atoms with E-state index in [4.69, 9.17) is 5.73 Å². The normalized spacial score (nSPS) is 24.6. The molecular formula is C10H19N3O. The topological polar surface area (TPSA) is 58.4 Å². The van der Waals surface area contributed by atoms with Gasteiger partial charge in [0.05, 0.1) is 6.04 Å². The number of hydrogen-bond donors (Lipinski definition) is 2. The molecule has 80 valence electrons. The fourth-order valence-electron chi connectivity index (χ4n) is 1.65. The average Bonchev–Trinajstić information content (AvgIpc) is 2.60. The summed E-state index contributed by atoms with van der Waals surface area (Å²) in [6.45, 7) is 7.74. The number of rotatable bonds is 4. The van der Waals surface area contributed by atoms with Crippen LogP contribution < -0.4 is 11.1 Å². The van der Waals surface area contributed by atoms with Gasteiger partial charge in [-0.25, -0.2) is 0 Å². The Labute approximate surface area is 85.1 Å². The molecule has 1 fully saturated rings. The molecule has 0 saturated carbocycles. The number of likely N-dealkylation sites (tertiary alicyclic amines) is 1. The maximum atomic E-state index is 11.6. The molecule has 14 heavy (non-hydrogen) atoms. The van der Waals surface area contributed by atoms with E-state index in [1.54, 1.807) is 6.08 Å². The number of carbonyl (C=O) groups is 1. The fourth-order valence-corrected chi connectivity index (χ4v) is 1.65. The van der Waals surface area contributed by atoms with Crippen LogP contribution in [0.3, 0.4) is 0 Å². The van der Waals surface area contributed by atoms with Gasteiger partial charge >= 0.3 is 0 Å². The summed E-state index contributed by atoms with van der Waals surface area (Å²) in [6, 6.07) is 0.146. The Kier molecular flexibility index (Phi) is 4.10.